The zero-order chi connectivity index (χ0) is 24.4. The van der Waals surface area contributed by atoms with Crippen molar-refractivity contribution in [3.63, 3.8) is 0 Å². The number of ether oxygens (including phenoxy) is 3. The number of nitrogens with one attached hydrogen (secondary N) is 1. The molecule has 0 bridgehead atoms. The number of nitrogens with zero attached hydrogens (tertiary/aromatic N) is 1. The van der Waals surface area contributed by atoms with Crippen molar-refractivity contribution in [3.05, 3.63) is 89.0 Å². The van der Waals surface area contributed by atoms with Gasteiger partial charge in [-0.05, 0) is 47.9 Å². The molecule has 35 heavy (non-hydrogen) atoms. The second-order valence-electron chi connectivity index (χ2n) is 8.89. The summed E-state index contributed by atoms with van der Waals surface area (Å²) < 4.78 is 16.4. The van der Waals surface area contributed by atoms with Crippen LogP contribution in [0.5, 0.6) is 17.2 Å². The van der Waals surface area contributed by atoms with Crippen LogP contribution in [0.15, 0.2) is 66.7 Å². The second-order valence-corrected chi connectivity index (χ2v) is 8.89. The SMILES string of the molecule is COc1ccccc1[C@@H]1CN(C(=O)c2ccccc2C)C[C@@H]1C(=O)NCc1ccc2c(c1)OCO2. The lowest BCUT2D eigenvalue weighted by Gasteiger charge is -2.20. The van der Waals surface area contributed by atoms with Gasteiger partial charge in [0.2, 0.25) is 12.7 Å². The highest BCUT2D eigenvalue weighted by Crippen LogP contribution is 2.38. The van der Waals surface area contributed by atoms with Crippen molar-refractivity contribution in [1.82, 2.24) is 10.2 Å². The van der Waals surface area contributed by atoms with Gasteiger partial charge in [0.25, 0.3) is 5.91 Å². The van der Waals surface area contributed by atoms with E-state index in [2.05, 4.69) is 5.32 Å². The molecule has 0 unspecified atom stereocenters. The maximum Gasteiger partial charge on any atom is 0.254 e. The number of benzene rings is 3. The van der Waals surface area contributed by atoms with Crippen LogP contribution in [0.1, 0.15) is 33.0 Å². The van der Waals surface area contributed by atoms with Gasteiger partial charge in [0.1, 0.15) is 5.75 Å². The number of aryl methyl sites for hydroxylation is 1. The highest BCUT2D eigenvalue weighted by atomic mass is 16.7. The molecule has 2 aliphatic heterocycles. The second kappa shape index (κ2) is 9.70. The molecule has 1 saturated heterocycles. The average Bonchev–Trinajstić information content (AvgIpc) is 3.54. The molecule has 2 amide bonds. The monoisotopic (exact) mass is 472 g/mol. The molecule has 1 N–H and O–H groups in total. The zero-order valence-electron chi connectivity index (χ0n) is 19.8. The first-order valence-electron chi connectivity index (χ1n) is 11.7. The van der Waals surface area contributed by atoms with Gasteiger partial charge in [0, 0.05) is 31.1 Å². The molecule has 2 heterocycles. The molecule has 3 aromatic carbocycles. The fourth-order valence-corrected chi connectivity index (χ4v) is 4.88. The quantitative estimate of drug-likeness (QED) is 0.589. The van der Waals surface area contributed by atoms with Crippen molar-refractivity contribution in [2.45, 2.75) is 19.4 Å². The standard InChI is InChI=1S/C28H28N2O5/c1-18-7-3-4-8-20(18)28(32)30-15-22(21-9-5-6-10-24(21)33-2)23(16-30)27(31)29-14-19-11-12-25-26(13-19)35-17-34-25/h3-13,22-23H,14-17H2,1-2H3,(H,29,31)/t22-,23-/m0/s1. The molecule has 0 spiro atoms. The number of amides is 2. The fraction of sp³-hybridized carbons (Fsp3) is 0.286. The molecule has 7 heteroatoms. The van der Waals surface area contributed by atoms with E-state index in [1.54, 1.807) is 12.0 Å². The van der Waals surface area contributed by atoms with Crippen molar-refractivity contribution in [3.8, 4) is 17.2 Å². The van der Waals surface area contributed by atoms with Gasteiger partial charge < -0.3 is 24.4 Å². The number of hydrogen-bond acceptors (Lipinski definition) is 5. The van der Waals surface area contributed by atoms with Crippen LogP contribution in [0.4, 0.5) is 0 Å². The van der Waals surface area contributed by atoms with Crippen LogP contribution in [0.3, 0.4) is 0 Å². The summed E-state index contributed by atoms with van der Waals surface area (Å²) in [5, 5.41) is 3.07. The Balaban J connectivity index is 1.38. The van der Waals surface area contributed by atoms with E-state index in [9.17, 15) is 9.59 Å². The summed E-state index contributed by atoms with van der Waals surface area (Å²) in [6.45, 7) is 3.27. The Kier molecular flexibility index (Phi) is 6.31. The van der Waals surface area contributed by atoms with Crippen molar-refractivity contribution in [2.75, 3.05) is 27.0 Å². The molecule has 3 aromatic rings. The van der Waals surface area contributed by atoms with Gasteiger partial charge in [-0.15, -0.1) is 0 Å². The molecule has 0 radical (unpaired) electrons. The third-order valence-corrected chi connectivity index (χ3v) is 6.76. The smallest absolute Gasteiger partial charge is 0.254 e. The van der Waals surface area contributed by atoms with Crippen LogP contribution in [-0.2, 0) is 11.3 Å². The Morgan fingerprint density at radius 3 is 2.60 bits per heavy atom. The van der Waals surface area contributed by atoms with Crippen molar-refractivity contribution in [2.24, 2.45) is 5.92 Å². The van der Waals surface area contributed by atoms with Crippen molar-refractivity contribution >= 4 is 11.8 Å². The summed E-state index contributed by atoms with van der Waals surface area (Å²) >= 11 is 0. The third-order valence-electron chi connectivity index (χ3n) is 6.76. The number of likely N-dealkylation sites (tertiary alicyclic amines) is 1. The Bertz CT molecular complexity index is 1260. The average molecular weight is 473 g/mol. The lowest BCUT2D eigenvalue weighted by atomic mass is 9.87. The Morgan fingerprint density at radius 1 is 1.00 bits per heavy atom. The van der Waals surface area contributed by atoms with Crippen LogP contribution in [0, 0.1) is 12.8 Å². The zero-order valence-corrected chi connectivity index (χ0v) is 19.8. The minimum Gasteiger partial charge on any atom is -0.496 e. The fourth-order valence-electron chi connectivity index (χ4n) is 4.88. The van der Waals surface area contributed by atoms with Crippen LogP contribution in [0.2, 0.25) is 0 Å². The van der Waals surface area contributed by atoms with Gasteiger partial charge in [-0.1, -0.05) is 42.5 Å². The first kappa shape index (κ1) is 22.8. The van der Waals surface area contributed by atoms with E-state index < -0.39 is 5.92 Å². The molecule has 2 atom stereocenters. The Morgan fingerprint density at radius 2 is 1.77 bits per heavy atom. The summed E-state index contributed by atoms with van der Waals surface area (Å²) in [6.07, 6.45) is 0. The summed E-state index contributed by atoms with van der Waals surface area (Å²) in [7, 11) is 1.62. The molecule has 180 valence electrons. The minimum absolute atomic E-state index is 0.0610. The third kappa shape index (κ3) is 4.54. The van der Waals surface area contributed by atoms with Gasteiger partial charge in [-0.2, -0.15) is 0 Å². The number of hydrogen-bond donors (Lipinski definition) is 1. The first-order chi connectivity index (χ1) is 17.0. The van der Waals surface area contributed by atoms with Gasteiger partial charge in [0.15, 0.2) is 11.5 Å². The van der Waals surface area contributed by atoms with Gasteiger partial charge in [0.05, 0.1) is 13.0 Å². The highest BCUT2D eigenvalue weighted by molar-refractivity contribution is 5.96. The van der Waals surface area contributed by atoms with E-state index in [4.69, 9.17) is 14.2 Å². The number of fused-ring (bicyclic) bond motifs is 1. The number of rotatable bonds is 6. The normalized spacial score (nSPS) is 18.4. The van der Waals surface area contributed by atoms with E-state index >= 15 is 0 Å². The van der Waals surface area contributed by atoms with E-state index in [0.29, 0.717) is 36.7 Å². The molecule has 7 nitrogen and oxygen atoms in total. The van der Waals surface area contributed by atoms with E-state index in [-0.39, 0.29) is 24.5 Å². The molecule has 0 aromatic heterocycles. The Hall–Kier alpha value is -4.00. The Labute approximate surface area is 204 Å². The van der Waals surface area contributed by atoms with Crippen LogP contribution < -0.4 is 19.5 Å². The van der Waals surface area contributed by atoms with Gasteiger partial charge in [-0.25, -0.2) is 0 Å². The molecule has 0 saturated carbocycles. The number of carbonyl (C=O) groups is 2. The summed E-state index contributed by atoms with van der Waals surface area (Å²) in [5.41, 5.74) is 3.43. The summed E-state index contributed by atoms with van der Waals surface area (Å²) in [6, 6.07) is 20.9. The lowest BCUT2D eigenvalue weighted by molar-refractivity contribution is -0.125. The first-order valence-corrected chi connectivity index (χ1v) is 11.7. The maximum atomic E-state index is 13.5. The van der Waals surface area contributed by atoms with Gasteiger partial charge in [-0.3, -0.25) is 9.59 Å². The van der Waals surface area contributed by atoms with Crippen molar-refractivity contribution < 1.29 is 23.8 Å². The molecular formula is C28H28N2O5. The number of carbonyl (C=O) groups excluding carboxylic acids is 2. The largest absolute Gasteiger partial charge is 0.496 e. The van der Waals surface area contributed by atoms with Crippen LogP contribution in [-0.4, -0.2) is 43.7 Å². The lowest BCUT2D eigenvalue weighted by Crippen LogP contribution is -2.35. The van der Waals surface area contributed by atoms with Crippen LogP contribution in [0.25, 0.3) is 0 Å². The molecule has 1 fully saturated rings. The maximum absolute atomic E-state index is 13.5. The van der Waals surface area contributed by atoms with E-state index in [1.807, 2.05) is 73.7 Å². The van der Waals surface area contributed by atoms with Gasteiger partial charge >= 0.3 is 0 Å². The van der Waals surface area contributed by atoms with E-state index in [1.165, 1.54) is 0 Å². The molecule has 0 aliphatic carbocycles. The van der Waals surface area contributed by atoms with E-state index in [0.717, 1.165) is 22.4 Å². The number of para-hydroxylation sites is 1. The predicted octanol–water partition coefficient (Wildman–Crippen LogP) is 3.90. The molecular weight excluding hydrogens is 444 g/mol. The predicted molar refractivity (Wildman–Crippen MR) is 131 cm³/mol. The summed E-state index contributed by atoms with van der Waals surface area (Å²) in [5.74, 6) is 1.35. The highest BCUT2D eigenvalue weighted by Gasteiger charge is 2.41. The summed E-state index contributed by atoms with van der Waals surface area (Å²) in [4.78, 5) is 28.6. The minimum atomic E-state index is -0.409. The molecule has 2 aliphatic rings. The van der Waals surface area contributed by atoms with Crippen LogP contribution >= 0.6 is 0 Å². The van der Waals surface area contributed by atoms with Crippen molar-refractivity contribution in [1.29, 1.82) is 0 Å². The molecule has 5 rings (SSSR count). The topological polar surface area (TPSA) is 77.1 Å². The number of methoxy groups -OCH3 is 1.